The summed E-state index contributed by atoms with van der Waals surface area (Å²) >= 11 is 0. The van der Waals surface area contributed by atoms with Crippen LogP contribution in [0.2, 0.25) is 0 Å². The summed E-state index contributed by atoms with van der Waals surface area (Å²) in [6.07, 6.45) is 0.0611. The lowest BCUT2D eigenvalue weighted by Crippen LogP contribution is -2.47. The molecule has 0 aliphatic carbocycles. The first-order chi connectivity index (χ1) is 11.6. The van der Waals surface area contributed by atoms with Crippen molar-refractivity contribution in [3.05, 3.63) is 35.4 Å². The van der Waals surface area contributed by atoms with Crippen LogP contribution >= 0.6 is 0 Å². The number of nitrogens with one attached hydrogen (secondary N) is 2. The summed E-state index contributed by atoms with van der Waals surface area (Å²) in [7, 11) is 0. The summed E-state index contributed by atoms with van der Waals surface area (Å²) in [6.45, 7) is 6.34. The molecule has 132 valence electrons. The molecule has 3 rings (SSSR count). The number of rotatable bonds is 5. The minimum absolute atomic E-state index is 0.0301. The van der Waals surface area contributed by atoms with Crippen LogP contribution in [0.25, 0.3) is 0 Å². The molecule has 0 spiro atoms. The SMILES string of the molecule is Cc1cccc(C(CNC(=O)C2CC(O)CN2)N2CCOCC2)c1. The molecule has 2 fully saturated rings. The fraction of sp³-hybridized carbons (Fsp3) is 0.611. The molecular weight excluding hydrogens is 306 g/mol. The van der Waals surface area contributed by atoms with Crippen molar-refractivity contribution in [2.75, 3.05) is 39.4 Å². The van der Waals surface area contributed by atoms with E-state index in [1.54, 1.807) is 0 Å². The Labute approximate surface area is 143 Å². The Morgan fingerprint density at radius 2 is 2.25 bits per heavy atom. The molecule has 0 radical (unpaired) electrons. The van der Waals surface area contributed by atoms with Gasteiger partial charge >= 0.3 is 0 Å². The molecule has 2 heterocycles. The minimum Gasteiger partial charge on any atom is -0.392 e. The number of nitrogens with zero attached hydrogens (tertiary/aromatic N) is 1. The van der Waals surface area contributed by atoms with E-state index >= 15 is 0 Å². The Morgan fingerprint density at radius 1 is 1.46 bits per heavy atom. The number of carbonyl (C=O) groups excluding carboxylic acids is 1. The fourth-order valence-corrected chi connectivity index (χ4v) is 3.46. The second-order valence-corrected chi connectivity index (χ2v) is 6.67. The molecule has 1 amide bonds. The van der Waals surface area contributed by atoms with Crippen molar-refractivity contribution >= 4 is 5.91 Å². The highest BCUT2D eigenvalue weighted by Crippen LogP contribution is 2.22. The lowest BCUT2D eigenvalue weighted by atomic mass is 10.0. The molecule has 6 heteroatoms. The molecule has 2 saturated heterocycles. The van der Waals surface area contributed by atoms with Crippen molar-refractivity contribution in [1.29, 1.82) is 0 Å². The Balaban J connectivity index is 1.66. The molecule has 1 aromatic rings. The highest BCUT2D eigenvalue weighted by molar-refractivity contribution is 5.82. The number of hydrogen-bond donors (Lipinski definition) is 3. The van der Waals surface area contributed by atoms with E-state index in [2.05, 4.69) is 46.7 Å². The zero-order valence-electron chi connectivity index (χ0n) is 14.2. The average Bonchev–Trinajstić information content (AvgIpc) is 3.02. The Hall–Kier alpha value is -1.47. The van der Waals surface area contributed by atoms with Crippen LogP contribution in [0.4, 0.5) is 0 Å². The first-order valence-electron chi connectivity index (χ1n) is 8.71. The zero-order chi connectivity index (χ0) is 16.9. The molecule has 6 nitrogen and oxygen atoms in total. The molecule has 1 aromatic carbocycles. The third kappa shape index (κ3) is 4.33. The van der Waals surface area contributed by atoms with Gasteiger partial charge in [-0.1, -0.05) is 29.8 Å². The van der Waals surface area contributed by atoms with Crippen LogP contribution < -0.4 is 10.6 Å². The lowest BCUT2D eigenvalue weighted by Gasteiger charge is -2.35. The maximum absolute atomic E-state index is 12.3. The third-order valence-corrected chi connectivity index (χ3v) is 4.81. The summed E-state index contributed by atoms with van der Waals surface area (Å²) < 4.78 is 5.46. The molecule has 0 bridgehead atoms. The number of carbonyl (C=O) groups is 1. The predicted octanol–water partition coefficient (Wildman–Crippen LogP) is 0.207. The summed E-state index contributed by atoms with van der Waals surface area (Å²) in [4.78, 5) is 14.7. The van der Waals surface area contributed by atoms with E-state index < -0.39 is 6.10 Å². The van der Waals surface area contributed by atoms with Crippen LogP contribution in [-0.4, -0.2) is 67.5 Å². The van der Waals surface area contributed by atoms with Crippen LogP contribution in [0.15, 0.2) is 24.3 Å². The Bertz CT molecular complexity index is 560. The van der Waals surface area contributed by atoms with Gasteiger partial charge in [-0.05, 0) is 18.9 Å². The Kier molecular flexibility index (Phi) is 5.84. The van der Waals surface area contributed by atoms with Gasteiger partial charge in [0.15, 0.2) is 0 Å². The van der Waals surface area contributed by atoms with Gasteiger partial charge in [-0.15, -0.1) is 0 Å². The maximum atomic E-state index is 12.3. The van der Waals surface area contributed by atoms with Gasteiger partial charge in [0.2, 0.25) is 5.91 Å². The summed E-state index contributed by atoms with van der Waals surface area (Å²) in [5.41, 5.74) is 2.44. The lowest BCUT2D eigenvalue weighted by molar-refractivity contribution is -0.123. The normalized spacial score (nSPS) is 26.2. The van der Waals surface area contributed by atoms with Crippen LogP contribution in [0, 0.1) is 6.92 Å². The number of amides is 1. The van der Waals surface area contributed by atoms with E-state index in [1.807, 2.05) is 0 Å². The van der Waals surface area contributed by atoms with Crippen molar-refractivity contribution < 1.29 is 14.6 Å². The standard InChI is InChI=1S/C18H27N3O3/c1-13-3-2-4-14(9-13)17(21-5-7-24-8-6-21)12-20-18(23)16-10-15(22)11-19-16/h2-4,9,15-17,19,22H,5-8,10-12H2,1H3,(H,20,23). The van der Waals surface area contributed by atoms with E-state index in [1.165, 1.54) is 11.1 Å². The van der Waals surface area contributed by atoms with Crippen LogP contribution in [-0.2, 0) is 9.53 Å². The Morgan fingerprint density at radius 3 is 2.92 bits per heavy atom. The van der Waals surface area contributed by atoms with Gasteiger partial charge in [-0.3, -0.25) is 9.69 Å². The number of benzene rings is 1. The molecule has 0 aromatic heterocycles. The van der Waals surface area contributed by atoms with Gasteiger partial charge in [-0.2, -0.15) is 0 Å². The van der Waals surface area contributed by atoms with Crippen LogP contribution in [0.1, 0.15) is 23.6 Å². The maximum Gasteiger partial charge on any atom is 0.237 e. The molecular formula is C18H27N3O3. The van der Waals surface area contributed by atoms with Gasteiger partial charge in [0.05, 0.1) is 31.4 Å². The second kappa shape index (κ2) is 8.07. The molecule has 3 atom stereocenters. The topological polar surface area (TPSA) is 73.8 Å². The molecule has 2 aliphatic heterocycles. The van der Waals surface area contributed by atoms with Crippen molar-refractivity contribution in [1.82, 2.24) is 15.5 Å². The summed E-state index contributed by atoms with van der Waals surface area (Å²) in [6, 6.07) is 8.31. The number of hydrogen-bond acceptors (Lipinski definition) is 5. The second-order valence-electron chi connectivity index (χ2n) is 6.67. The van der Waals surface area contributed by atoms with E-state index in [0.29, 0.717) is 19.5 Å². The molecule has 2 aliphatic rings. The van der Waals surface area contributed by atoms with Crippen LogP contribution in [0.3, 0.4) is 0 Å². The van der Waals surface area contributed by atoms with Gasteiger partial charge in [0.1, 0.15) is 0 Å². The van der Waals surface area contributed by atoms with Gasteiger partial charge in [0.25, 0.3) is 0 Å². The first-order valence-corrected chi connectivity index (χ1v) is 8.71. The van der Waals surface area contributed by atoms with E-state index in [0.717, 1.165) is 26.3 Å². The van der Waals surface area contributed by atoms with Gasteiger partial charge in [0, 0.05) is 26.2 Å². The monoisotopic (exact) mass is 333 g/mol. The van der Waals surface area contributed by atoms with Crippen molar-refractivity contribution in [3.8, 4) is 0 Å². The van der Waals surface area contributed by atoms with Gasteiger partial charge in [-0.25, -0.2) is 0 Å². The molecule has 0 saturated carbocycles. The predicted molar refractivity (Wildman–Crippen MR) is 91.7 cm³/mol. The van der Waals surface area contributed by atoms with Crippen molar-refractivity contribution in [3.63, 3.8) is 0 Å². The van der Waals surface area contributed by atoms with Crippen LogP contribution in [0.5, 0.6) is 0 Å². The zero-order valence-corrected chi connectivity index (χ0v) is 14.2. The van der Waals surface area contributed by atoms with E-state index in [-0.39, 0.29) is 18.0 Å². The molecule has 3 unspecified atom stereocenters. The summed E-state index contributed by atoms with van der Waals surface area (Å²) in [5, 5.41) is 15.7. The molecule has 3 N–H and O–H groups in total. The number of ether oxygens (including phenoxy) is 1. The minimum atomic E-state index is -0.424. The molecule has 24 heavy (non-hydrogen) atoms. The van der Waals surface area contributed by atoms with E-state index in [4.69, 9.17) is 4.74 Å². The summed E-state index contributed by atoms with van der Waals surface area (Å²) in [5.74, 6) is -0.0301. The van der Waals surface area contributed by atoms with Crippen molar-refractivity contribution in [2.45, 2.75) is 31.5 Å². The highest BCUT2D eigenvalue weighted by atomic mass is 16.5. The van der Waals surface area contributed by atoms with E-state index in [9.17, 15) is 9.90 Å². The number of morpholine rings is 1. The number of aliphatic hydroxyl groups is 1. The fourth-order valence-electron chi connectivity index (χ4n) is 3.46. The quantitative estimate of drug-likeness (QED) is 0.718. The first kappa shape index (κ1) is 17.4. The number of aliphatic hydroxyl groups excluding tert-OH is 1. The average molecular weight is 333 g/mol. The third-order valence-electron chi connectivity index (χ3n) is 4.81. The smallest absolute Gasteiger partial charge is 0.237 e. The van der Waals surface area contributed by atoms with Crippen molar-refractivity contribution in [2.24, 2.45) is 0 Å². The highest BCUT2D eigenvalue weighted by Gasteiger charge is 2.29. The largest absolute Gasteiger partial charge is 0.392 e. The number of β-amino-alcohol motifs (C(OH)–C–C–N with tert-alkyl or cyclic N) is 1. The van der Waals surface area contributed by atoms with Gasteiger partial charge < -0.3 is 20.5 Å². The number of aryl methyl sites for hydroxylation is 1.